The van der Waals surface area contributed by atoms with Crippen LogP contribution in [0.1, 0.15) is 53.5 Å². The molecule has 2 aliphatic carbocycles. The van der Waals surface area contributed by atoms with Gasteiger partial charge in [0.25, 0.3) is 5.91 Å². The van der Waals surface area contributed by atoms with Crippen molar-refractivity contribution in [3.05, 3.63) is 65.9 Å². The Labute approximate surface area is 185 Å². The summed E-state index contributed by atoms with van der Waals surface area (Å²) in [7, 11) is 0. The van der Waals surface area contributed by atoms with E-state index >= 15 is 0 Å². The number of anilines is 1. The molecule has 2 saturated carbocycles. The van der Waals surface area contributed by atoms with E-state index in [1.54, 1.807) is 10.6 Å². The van der Waals surface area contributed by atoms with Crippen molar-refractivity contribution in [1.29, 1.82) is 0 Å². The predicted molar refractivity (Wildman–Crippen MR) is 119 cm³/mol. The van der Waals surface area contributed by atoms with Crippen molar-refractivity contribution in [2.24, 2.45) is 5.92 Å². The van der Waals surface area contributed by atoms with E-state index in [4.69, 9.17) is 9.63 Å². The third-order valence-corrected chi connectivity index (χ3v) is 5.72. The third kappa shape index (κ3) is 4.40. The topological polar surface area (TPSA) is 106 Å². The normalized spacial score (nSPS) is 15.3. The molecule has 0 unspecified atom stereocenters. The molecule has 6 rings (SSSR count). The number of carbonyl (C=O) groups is 1. The summed E-state index contributed by atoms with van der Waals surface area (Å²) in [4.78, 5) is 21.5. The van der Waals surface area contributed by atoms with Gasteiger partial charge in [-0.25, -0.2) is 4.98 Å². The maximum Gasteiger partial charge on any atom is 0.274 e. The van der Waals surface area contributed by atoms with Crippen LogP contribution in [-0.4, -0.2) is 37.1 Å². The fraction of sp³-hybridized carbons (Fsp3) is 0.333. The van der Waals surface area contributed by atoms with Crippen LogP contribution in [-0.2, 0) is 0 Å². The van der Waals surface area contributed by atoms with Crippen LogP contribution >= 0.6 is 0 Å². The first-order valence-electron chi connectivity index (χ1n) is 10.9. The number of hydrogen-bond donors (Lipinski definition) is 2. The number of amides is 1. The summed E-state index contributed by atoms with van der Waals surface area (Å²) in [5, 5.41) is 15.3. The molecule has 32 heavy (non-hydrogen) atoms. The summed E-state index contributed by atoms with van der Waals surface area (Å²) in [5.41, 5.74) is 3.68. The van der Waals surface area contributed by atoms with Gasteiger partial charge in [0, 0.05) is 30.0 Å². The minimum absolute atomic E-state index is 0.222. The Morgan fingerprint density at radius 3 is 2.78 bits per heavy atom. The molecule has 0 bridgehead atoms. The van der Waals surface area contributed by atoms with Gasteiger partial charge in [-0.3, -0.25) is 9.20 Å². The number of nitrogens with one attached hydrogen (secondary N) is 1. The molecule has 0 radical (unpaired) electrons. The molecule has 0 saturated heterocycles. The number of aliphatic hydroxyl groups excluding tert-OH is 1. The van der Waals surface area contributed by atoms with Crippen molar-refractivity contribution >= 4 is 17.2 Å². The lowest BCUT2D eigenvalue weighted by Gasteiger charge is -2.09. The number of aryl methyl sites for hydroxylation is 1. The highest BCUT2D eigenvalue weighted by Gasteiger charge is 2.29. The quantitative estimate of drug-likeness (QED) is 0.490. The van der Waals surface area contributed by atoms with Crippen molar-refractivity contribution < 1.29 is 14.4 Å². The number of nitrogens with zero attached hydrogens (tertiary/aromatic N) is 4. The van der Waals surface area contributed by atoms with Crippen LogP contribution in [0.3, 0.4) is 0 Å². The van der Waals surface area contributed by atoms with Crippen LogP contribution in [0.2, 0.25) is 0 Å². The lowest BCUT2D eigenvalue weighted by molar-refractivity contribution is 0.102. The standard InChI is InChI=1S/C20H17N5O2.C4H8O/c1-12-5-6-14(18-23-20(27-24-18)13-7-8-13)10-15(12)22-19(26)16-11-21-17-4-2-3-9-25(16)17;5-3-4-1-2-4/h2-6,9-11,13H,7-8H2,1H3,(H,22,26);4-5H,1-3H2. The first-order chi connectivity index (χ1) is 15.6. The average molecular weight is 431 g/mol. The van der Waals surface area contributed by atoms with E-state index in [1.165, 1.54) is 12.8 Å². The fourth-order valence-electron chi connectivity index (χ4n) is 3.33. The molecule has 0 spiro atoms. The molecule has 3 aromatic heterocycles. The Bertz CT molecular complexity index is 1250. The van der Waals surface area contributed by atoms with Crippen LogP contribution in [0.15, 0.2) is 53.3 Å². The molecule has 1 amide bonds. The molecular formula is C24H25N5O3. The number of hydrogen-bond acceptors (Lipinski definition) is 6. The highest BCUT2D eigenvalue weighted by atomic mass is 16.5. The zero-order valence-electron chi connectivity index (χ0n) is 17.9. The van der Waals surface area contributed by atoms with Crippen molar-refractivity contribution in [3.63, 3.8) is 0 Å². The molecule has 0 atom stereocenters. The Morgan fingerprint density at radius 1 is 1.22 bits per heavy atom. The number of rotatable bonds is 5. The molecule has 164 valence electrons. The van der Waals surface area contributed by atoms with Crippen LogP contribution in [0, 0.1) is 12.8 Å². The number of pyridine rings is 1. The van der Waals surface area contributed by atoms with E-state index in [9.17, 15) is 4.79 Å². The van der Waals surface area contributed by atoms with Gasteiger partial charge in [0.2, 0.25) is 11.7 Å². The van der Waals surface area contributed by atoms with Gasteiger partial charge in [-0.2, -0.15) is 4.98 Å². The van der Waals surface area contributed by atoms with Crippen molar-refractivity contribution in [3.8, 4) is 11.4 Å². The maximum absolute atomic E-state index is 12.8. The Morgan fingerprint density at radius 2 is 2.06 bits per heavy atom. The molecule has 2 N–H and O–H groups in total. The van der Waals surface area contributed by atoms with Gasteiger partial charge in [0.1, 0.15) is 11.3 Å². The van der Waals surface area contributed by atoms with Gasteiger partial charge in [0.15, 0.2) is 0 Å². The number of carbonyl (C=O) groups excluding carboxylic acids is 1. The summed E-state index contributed by atoms with van der Waals surface area (Å²) in [6.07, 6.45) is 8.13. The second-order valence-corrected chi connectivity index (χ2v) is 8.41. The van der Waals surface area contributed by atoms with Gasteiger partial charge in [-0.1, -0.05) is 23.4 Å². The second-order valence-electron chi connectivity index (χ2n) is 8.41. The van der Waals surface area contributed by atoms with E-state index in [2.05, 4.69) is 20.4 Å². The van der Waals surface area contributed by atoms with Crippen LogP contribution < -0.4 is 5.32 Å². The molecule has 2 aliphatic rings. The average Bonchev–Trinajstić information content (AvgIpc) is 3.74. The Hall–Kier alpha value is -3.52. The van der Waals surface area contributed by atoms with Crippen LogP contribution in [0.4, 0.5) is 5.69 Å². The molecular weight excluding hydrogens is 406 g/mol. The second kappa shape index (κ2) is 8.55. The number of imidazole rings is 1. The SMILES string of the molecule is Cc1ccc(-c2noc(C3CC3)n2)cc1NC(=O)c1cnc2ccccn12.OCC1CC1. The Kier molecular flexibility index (Phi) is 5.45. The van der Waals surface area contributed by atoms with Gasteiger partial charge in [-0.05, 0) is 62.3 Å². The van der Waals surface area contributed by atoms with E-state index in [1.807, 2.05) is 49.5 Å². The molecule has 0 aliphatic heterocycles. The lowest BCUT2D eigenvalue weighted by Crippen LogP contribution is -2.15. The minimum atomic E-state index is -0.222. The smallest absolute Gasteiger partial charge is 0.274 e. The fourth-order valence-corrected chi connectivity index (χ4v) is 3.33. The van der Waals surface area contributed by atoms with Gasteiger partial charge in [-0.15, -0.1) is 0 Å². The van der Waals surface area contributed by atoms with Crippen molar-refractivity contribution in [1.82, 2.24) is 19.5 Å². The third-order valence-electron chi connectivity index (χ3n) is 5.72. The van der Waals surface area contributed by atoms with Crippen molar-refractivity contribution in [2.75, 3.05) is 11.9 Å². The minimum Gasteiger partial charge on any atom is -0.396 e. The summed E-state index contributed by atoms with van der Waals surface area (Å²) < 4.78 is 7.10. The first-order valence-corrected chi connectivity index (χ1v) is 10.9. The molecule has 8 nitrogen and oxygen atoms in total. The summed E-state index contributed by atoms with van der Waals surface area (Å²) in [6, 6.07) is 11.4. The molecule has 4 aromatic rings. The number of benzene rings is 1. The monoisotopic (exact) mass is 431 g/mol. The zero-order valence-corrected chi connectivity index (χ0v) is 17.9. The molecule has 8 heteroatoms. The predicted octanol–water partition coefficient (Wildman–Crippen LogP) is 4.21. The number of aromatic nitrogens is 4. The van der Waals surface area contributed by atoms with E-state index in [0.29, 0.717) is 41.5 Å². The van der Waals surface area contributed by atoms with E-state index < -0.39 is 0 Å². The summed E-state index contributed by atoms with van der Waals surface area (Å²) in [6.45, 7) is 2.36. The number of aliphatic hydroxyl groups is 1. The first kappa shape index (κ1) is 20.4. The number of fused-ring (bicyclic) bond motifs is 1. The molecule has 3 heterocycles. The highest BCUT2D eigenvalue weighted by Crippen LogP contribution is 2.39. The van der Waals surface area contributed by atoms with Gasteiger partial charge in [0.05, 0.1) is 6.20 Å². The van der Waals surface area contributed by atoms with Crippen LogP contribution in [0.25, 0.3) is 17.0 Å². The van der Waals surface area contributed by atoms with Crippen molar-refractivity contribution in [2.45, 2.75) is 38.5 Å². The lowest BCUT2D eigenvalue weighted by atomic mass is 10.1. The van der Waals surface area contributed by atoms with Gasteiger partial charge >= 0.3 is 0 Å². The van der Waals surface area contributed by atoms with Crippen LogP contribution in [0.5, 0.6) is 0 Å². The molecule has 1 aromatic carbocycles. The summed E-state index contributed by atoms with van der Waals surface area (Å²) in [5.74, 6) is 2.12. The van der Waals surface area contributed by atoms with Gasteiger partial charge < -0.3 is 14.9 Å². The maximum atomic E-state index is 12.8. The Balaban J connectivity index is 0.000000383. The van der Waals surface area contributed by atoms with E-state index in [0.717, 1.165) is 29.6 Å². The zero-order chi connectivity index (χ0) is 22.1. The highest BCUT2D eigenvalue weighted by molar-refractivity contribution is 6.04. The summed E-state index contributed by atoms with van der Waals surface area (Å²) >= 11 is 0. The largest absolute Gasteiger partial charge is 0.396 e. The molecule has 2 fully saturated rings. The van der Waals surface area contributed by atoms with E-state index in [-0.39, 0.29) is 5.91 Å².